The van der Waals surface area contributed by atoms with E-state index >= 15 is 0 Å². The first-order valence-electron chi connectivity index (χ1n) is 13.0. The molecule has 1 atom stereocenters. The van der Waals surface area contributed by atoms with Crippen LogP contribution in [0.4, 0.5) is 5.82 Å². The molecule has 1 aromatic heterocycles. The van der Waals surface area contributed by atoms with Crippen molar-refractivity contribution in [2.45, 2.75) is 58.3 Å². The molecule has 5 nitrogen and oxygen atoms in total. The fourth-order valence-electron chi connectivity index (χ4n) is 5.30. The highest BCUT2D eigenvalue weighted by molar-refractivity contribution is 6.30. The summed E-state index contributed by atoms with van der Waals surface area (Å²) in [5.41, 5.74) is 6.13. The van der Waals surface area contributed by atoms with Crippen molar-refractivity contribution in [3.8, 4) is 22.5 Å². The van der Waals surface area contributed by atoms with E-state index in [1.54, 1.807) is 0 Å². The maximum absolute atomic E-state index is 11.9. The molecular weight excluding hydrogens is 470 g/mol. The van der Waals surface area contributed by atoms with Crippen LogP contribution in [-0.2, 0) is 16.0 Å². The molecule has 6 heteroatoms. The van der Waals surface area contributed by atoms with Crippen LogP contribution in [0.5, 0.6) is 0 Å². The topological polar surface area (TPSA) is 63.2 Å². The Labute approximate surface area is 217 Å². The Morgan fingerprint density at radius 2 is 1.61 bits per heavy atom. The summed E-state index contributed by atoms with van der Waals surface area (Å²) in [5, 5.41) is 0.705. The molecule has 2 aliphatic rings. The van der Waals surface area contributed by atoms with Gasteiger partial charge >= 0.3 is 0 Å². The molecule has 0 radical (unpaired) electrons. The molecule has 0 saturated heterocycles. The van der Waals surface area contributed by atoms with E-state index in [0.29, 0.717) is 11.4 Å². The molecular formula is C30H32ClN3O2. The summed E-state index contributed by atoms with van der Waals surface area (Å²) in [6, 6.07) is 16.3. The molecule has 0 amide bonds. The monoisotopic (exact) mass is 501 g/mol. The number of Topliss-reactive ketones (excluding diaryl/α,β-unsaturated/α-hetero) is 2. The lowest BCUT2D eigenvalue weighted by Crippen LogP contribution is -2.32. The minimum Gasteiger partial charge on any atom is -0.355 e. The van der Waals surface area contributed by atoms with Crippen molar-refractivity contribution in [1.29, 1.82) is 0 Å². The molecule has 1 aliphatic carbocycles. The molecule has 2 aromatic carbocycles. The van der Waals surface area contributed by atoms with Gasteiger partial charge in [-0.15, -0.1) is 0 Å². The first-order chi connectivity index (χ1) is 17.5. The third-order valence-corrected chi connectivity index (χ3v) is 7.56. The van der Waals surface area contributed by atoms with E-state index in [1.807, 2.05) is 24.3 Å². The Kier molecular flexibility index (Phi) is 7.47. The molecule has 36 heavy (non-hydrogen) atoms. The summed E-state index contributed by atoms with van der Waals surface area (Å²) in [7, 11) is 0. The Balaban J connectivity index is 1.35. The molecule has 1 aliphatic heterocycles. The van der Waals surface area contributed by atoms with Crippen LogP contribution in [0.3, 0.4) is 0 Å². The van der Waals surface area contributed by atoms with Crippen molar-refractivity contribution >= 4 is 29.0 Å². The summed E-state index contributed by atoms with van der Waals surface area (Å²) in [4.78, 5) is 36.2. The molecule has 1 unspecified atom stereocenters. The van der Waals surface area contributed by atoms with Crippen molar-refractivity contribution in [1.82, 2.24) is 9.97 Å². The maximum Gasteiger partial charge on any atom is 0.151 e. The smallest absolute Gasteiger partial charge is 0.151 e. The van der Waals surface area contributed by atoms with Crippen molar-refractivity contribution in [3.63, 3.8) is 0 Å². The number of aryl methyl sites for hydroxylation is 2. The quantitative estimate of drug-likeness (QED) is 0.256. The molecule has 5 rings (SSSR count). The number of carbonyl (C=O) groups is 2. The minimum absolute atomic E-state index is 0.0394. The number of halogens is 1. The molecule has 1 fully saturated rings. The molecule has 0 bridgehead atoms. The van der Waals surface area contributed by atoms with Crippen molar-refractivity contribution in [2.24, 2.45) is 5.92 Å². The normalized spacial score (nSPS) is 17.5. The third kappa shape index (κ3) is 5.52. The molecule has 186 valence electrons. The number of hydrogen-bond donors (Lipinski definition) is 0. The second kappa shape index (κ2) is 10.9. The number of nitrogens with zero attached hydrogens (tertiary/aromatic N) is 3. The van der Waals surface area contributed by atoms with Gasteiger partial charge in [0.1, 0.15) is 11.6 Å². The summed E-state index contributed by atoms with van der Waals surface area (Å²) in [6.45, 7) is 3.99. The summed E-state index contributed by atoms with van der Waals surface area (Å²) in [5.74, 6) is 1.20. The Morgan fingerprint density at radius 1 is 0.917 bits per heavy atom. The Morgan fingerprint density at radius 3 is 2.31 bits per heavy atom. The van der Waals surface area contributed by atoms with Gasteiger partial charge in [-0.2, -0.15) is 0 Å². The first-order valence-corrected chi connectivity index (χ1v) is 13.4. The van der Waals surface area contributed by atoms with Gasteiger partial charge in [0, 0.05) is 41.6 Å². The lowest BCUT2D eigenvalue weighted by atomic mass is 9.98. The average Bonchev–Trinajstić information content (AvgIpc) is 3.20. The van der Waals surface area contributed by atoms with E-state index in [2.05, 4.69) is 36.1 Å². The van der Waals surface area contributed by atoms with Gasteiger partial charge in [0.2, 0.25) is 0 Å². The summed E-state index contributed by atoms with van der Waals surface area (Å²) in [6.07, 6.45) is 6.49. The van der Waals surface area contributed by atoms with Crippen LogP contribution in [0.1, 0.15) is 56.2 Å². The number of benzene rings is 2. The van der Waals surface area contributed by atoms with Gasteiger partial charge in [0.05, 0.1) is 23.5 Å². The van der Waals surface area contributed by atoms with Gasteiger partial charge < -0.3 is 4.90 Å². The zero-order valence-corrected chi connectivity index (χ0v) is 21.6. The van der Waals surface area contributed by atoms with Gasteiger partial charge in [-0.1, -0.05) is 66.4 Å². The highest BCUT2D eigenvalue weighted by Gasteiger charge is 2.30. The number of hydrogen-bond acceptors (Lipinski definition) is 5. The van der Waals surface area contributed by atoms with Crippen LogP contribution < -0.4 is 4.90 Å². The van der Waals surface area contributed by atoms with Crippen LogP contribution in [0.15, 0.2) is 48.5 Å². The number of ketones is 2. The molecule has 3 aromatic rings. The van der Waals surface area contributed by atoms with Crippen LogP contribution in [0.25, 0.3) is 22.5 Å². The molecule has 2 heterocycles. The van der Waals surface area contributed by atoms with Crippen LogP contribution in [-0.4, -0.2) is 34.6 Å². The first kappa shape index (κ1) is 24.6. The fourth-order valence-corrected chi connectivity index (χ4v) is 5.42. The molecule has 0 spiro atoms. The number of unbranched alkanes of at least 4 members (excludes halogenated alkanes) is 2. The standard InChI is InChI=1S/C30H32ClN3O2/c1-20-8-10-21(11-9-20)29-28(22-12-14-24(31)15-13-22)32-26-7-5-17-34(30(26)33-29)16-4-2-3-6-23-18-25(35)19-27(23)36/h8-15,23H,2-7,16-19H2,1H3. The second-order valence-electron chi connectivity index (χ2n) is 10.1. The highest BCUT2D eigenvalue weighted by atomic mass is 35.5. The van der Waals surface area contributed by atoms with Gasteiger partial charge in [-0.3, -0.25) is 9.59 Å². The Bertz CT molecular complexity index is 1250. The SMILES string of the molecule is Cc1ccc(-c2nc3c(nc2-c2ccc(Cl)cc2)CCCN3CCCCCC2CC(=O)CC2=O)cc1. The minimum atomic E-state index is -0.0394. The summed E-state index contributed by atoms with van der Waals surface area (Å²) >= 11 is 6.15. The number of rotatable bonds is 8. The number of anilines is 1. The van der Waals surface area contributed by atoms with Gasteiger partial charge in [0.25, 0.3) is 0 Å². The van der Waals surface area contributed by atoms with Gasteiger partial charge in [-0.05, 0) is 44.7 Å². The van der Waals surface area contributed by atoms with Crippen molar-refractivity contribution in [3.05, 3.63) is 64.8 Å². The predicted octanol–water partition coefficient (Wildman–Crippen LogP) is 6.63. The van der Waals surface area contributed by atoms with Crippen molar-refractivity contribution < 1.29 is 9.59 Å². The van der Waals surface area contributed by atoms with Crippen LogP contribution in [0.2, 0.25) is 5.02 Å². The predicted molar refractivity (Wildman–Crippen MR) is 144 cm³/mol. The van der Waals surface area contributed by atoms with E-state index < -0.39 is 0 Å². The number of carbonyl (C=O) groups excluding carboxylic acids is 2. The Hall–Kier alpha value is -3.05. The largest absolute Gasteiger partial charge is 0.355 e. The number of fused-ring (bicyclic) bond motifs is 1. The molecule has 0 N–H and O–H groups in total. The second-order valence-corrected chi connectivity index (χ2v) is 10.5. The maximum atomic E-state index is 11.9. The van der Waals surface area contributed by atoms with Crippen LogP contribution >= 0.6 is 11.6 Å². The molecule has 1 saturated carbocycles. The average molecular weight is 502 g/mol. The number of aromatic nitrogens is 2. The third-order valence-electron chi connectivity index (χ3n) is 7.31. The highest BCUT2D eigenvalue weighted by Crippen LogP contribution is 2.35. The lowest BCUT2D eigenvalue weighted by molar-refractivity contribution is -0.122. The zero-order valence-electron chi connectivity index (χ0n) is 20.8. The fraction of sp³-hybridized carbons (Fsp3) is 0.400. The lowest BCUT2D eigenvalue weighted by Gasteiger charge is -2.30. The van der Waals surface area contributed by atoms with Crippen LogP contribution in [0, 0.1) is 12.8 Å². The van der Waals surface area contributed by atoms with Gasteiger partial charge in [0.15, 0.2) is 5.82 Å². The summed E-state index contributed by atoms with van der Waals surface area (Å²) < 4.78 is 0. The zero-order chi connectivity index (χ0) is 25.1. The van der Waals surface area contributed by atoms with E-state index in [4.69, 9.17) is 21.6 Å². The van der Waals surface area contributed by atoms with E-state index in [0.717, 1.165) is 85.6 Å². The van der Waals surface area contributed by atoms with Gasteiger partial charge in [-0.25, -0.2) is 9.97 Å². The van der Waals surface area contributed by atoms with E-state index in [1.165, 1.54) is 5.56 Å². The van der Waals surface area contributed by atoms with Crippen molar-refractivity contribution in [2.75, 3.05) is 18.0 Å². The van der Waals surface area contributed by atoms with E-state index in [-0.39, 0.29) is 23.9 Å². The van der Waals surface area contributed by atoms with E-state index in [9.17, 15) is 9.59 Å².